The first-order valence-electron chi connectivity index (χ1n) is 9.82. The number of hydrogen-bond donors (Lipinski definition) is 2. The van der Waals surface area contributed by atoms with Crippen LogP contribution in [0, 0.1) is 0 Å². The molecule has 4 aromatic rings. The number of carboxylic acids is 1. The van der Waals surface area contributed by atoms with Crippen LogP contribution in [0.25, 0.3) is 16.9 Å². The highest BCUT2D eigenvalue weighted by atomic mass is 16.4. The van der Waals surface area contributed by atoms with Gasteiger partial charge in [-0.25, -0.2) is 4.68 Å². The molecule has 0 fully saturated rings. The summed E-state index contributed by atoms with van der Waals surface area (Å²) in [5.41, 5.74) is 3.94. The van der Waals surface area contributed by atoms with Crippen molar-refractivity contribution in [2.75, 3.05) is 0 Å². The third-order valence-electron chi connectivity index (χ3n) is 4.75. The lowest BCUT2D eigenvalue weighted by atomic mass is 10.1. The predicted molar refractivity (Wildman–Crippen MR) is 115 cm³/mol. The highest BCUT2D eigenvalue weighted by Crippen LogP contribution is 2.23. The first-order chi connectivity index (χ1) is 15.1. The van der Waals surface area contributed by atoms with Crippen LogP contribution in [0.15, 0.2) is 79.3 Å². The van der Waals surface area contributed by atoms with E-state index in [1.165, 1.54) is 10.9 Å². The summed E-state index contributed by atoms with van der Waals surface area (Å²) in [4.78, 5) is 23.3. The van der Waals surface area contributed by atoms with Crippen molar-refractivity contribution in [2.24, 2.45) is 0 Å². The molecule has 0 aliphatic heterocycles. The summed E-state index contributed by atoms with van der Waals surface area (Å²) < 4.78 is 3.25. The van der Waals surface area contributed by atoms with Gasteiger partial charge < -0.3 is 10.4 Å². The number of carbonyl (C=O) groups is 2. The smallest absolute Gasteiger partial charge is 0.305 e. The highest BCUT2D eigenvalue weighted by molar-refractivity contribution is 5.93. The number of benzene rings is 2. The second-order valence-corrected chi connectivity index (χ2v) is 6.97. The van der Waals surface area contributed by atoms with Crippen molar-refractivity contribution in [3.8, 4) is 16.9 Å². The number of carboxylic acid groups (broad SMARTS) is 1. The van der Waals surface area contributed by atoms with E-state index >= 15 is 0 Å². The lowest BCUT2D eigenvalue weighted by Gasteiger charge is -2.04. The molecular formula is C23H21N5O3. The monoisotopic (exact) mass is 415 g/mol. The van der Waals surface area contributed by atoms with E-state index in [1.807, 2.05) is 66.9 Å². The van der Waals surface area contributed by atoms with Crippen LogP contribution in [0.2, 0.25) is 0 Å². The second kappa shape index (κ2) is 9.08. The van der Waals surface area contributed by atoms with Crippen LogP contribution >= 0.6 is 0 Å². The van der Waals surface area contributed by atoms with Gasteiger partial charge in [0, 0.05) is 30.1 Å². The Labute approximate surface area is 178 Å². The molecule has 0 atom stereocenters. The van der Waals surface area contributed by atoms with Crippen LogP contribution in [0.5, 0.6) is 0 Å². The molecule has 31 heavy (non-hydrogen) atoms. The molecule has 0 spiro atoms. The van der Waals surface area contributed by atoms with Crippen molar-refractivity contribution in [1.82, 2.24) is 24.9 Å². The molecule has 8 heteroatoms. The van der Waals surface area contributed by atoms with E-state index in [0.717, 1.165) is 22.5 Å². The van der Waals surface area contributed by atoms with Gasteiger partial charge >= 0.3 is 5.97 Å². The topological polar surface area (TPSA) is 102 Å². The van der Waals surface area contributed by atoms with E-state index in [0.29, 0.717) is 5.56 Å². The first-order valence-corrected chi connectivity index (χ1v) is 9.82. The van der Waals surface area contributed by atoms with Gasteiger partial charge in [-0.1, -0.05) is 48.5 Å². The van der Waals surface area contributed by atoms with Crippen molar-refractivity contribution in [3.63, 3.8) is 0 Å². The Balaban J connectivity index is 1.53. The molecule has 2 aromatic heterocycles. The number of aromatic nitrogens is 4. The van der Waals surface area contributed by atoms with E-state index in [-0.39, 0.29) is 25.4 Å². The average molecular weight is 415 g/mol. The summed E-state index contributed by atoms with van der Waals surface area (Å²) >= 11 is 0. The molecule has 2 aromatic carbocycles. The fourth-order valence-electron chi connectivity index (χ4n) is 3.18. The Morgan fingerprint density at radius 2 is 1.68 bits per heavy atom. The molecule has 0 saturated carbocycles. The second-order valence-electron chi connectivity index (χ2n) is 6.97. The maximum absolute atomic E-state index is 12.6. The van der Waals surface area contributed by atoms with Crippen molar-refractivity contribution in [1.29, 1.82) is 0 Å². The van der Waals surface area contributed by atoms with Gasteiger partial charge in [0.1, 0.15) is 0 Å². The number of nitrogens with zero attached hydrogens (tertiary/aromatic N) is 4. The molecule has 0 bridgehead atoms. The zero-order valence-corrected chi connectivity index (χ0v) is 16.7. The van der Waals surface area contributed by atoms with Crippen molar-refractivity contribution < 1.29 is 14.7 Å². The first kappa shape index (κ1) is 20.1. The molecule has 0 radical (unpaired) electrons. The Morgan fingerprint density at radius 1 is 0.968 bits per heavy atom. The van der Waals surface area contributed by atoms with E-state index < -0.39 is 5.97 Å². The molecule has 156 valence electrons. The third kappa shape index (κ3) is 4.87. The van der Waals surface area contributed by atoms with Crippen LogP contribution in [-0.2, 0) is 17.9 Å². The molecule has 4 rings (SSSR count). The van der Waals surface area contributed by atoms with Crippen molar-refractivity contribution in [3.05, 3.63) is 90.4 Å². The Bertz CT molecular complexity index is 1180. The lowest BCUT2D eigenvalue weighted by Crippen LogP contribution is -2.22. The van der Waals surface area contributed by atoms with Gasteiger partial charge in [0.15, 0.2) is 0 Å². The lowest BCUT2D eigenvalue weighted by molar-refractivity contribution is -0.137. The summed E-state index contributed by atoms with van der Waals surface area (Å²) in [6, 6.07) is 19.6. The summed E-state index contributed by atoms with van der Waals surface area (Å²) in [6.07, 6.45) is 4.84. The molecule has 2 N–H and O–H groups in total. The van der Waals surface area contributed by atoms with Gasteiger partial charge in [-0.05, 0) is 12.1 Å². The summed E-state index contributed by atoms with van der Waals surface area (Å²) in [5, 5.41) is 20.5. The van der Waals surface area contributed by atoms with Crippen LogP contribution in [0.1, 0.15) is 22.3 Å². The average Bonchev–Trinajstić information content (AvgIpc) is 3.45. The summed E-state index contributed by atoms with van der Waals surface area (Å²) in [7, 11) is 0. The molecule has 1 amide bonds. The van der Waals surface area contributed by atoms with Gasteiger partial charge in [0.2, 0.25) is 0 Å². The van der Waals surface area contributed by atoms with Crippen molar-refractivity contribution >= 4 is 11.9 Å². The highest BCUT2D eigenvalue weighted by Gasteiger charge is 2.15. The predicted octanol–water partition coefficient (Wildman–Crippen LogP) is 3.14. The fraction of sp³-hybridized carbons (Fsp3) is 0.130. The quantitative estimate of drug-likeness (QED) is 0.460. The SMILES string of the molecule is O=C(O)CCn1cc(C(=O)NCc2cn(-c3ccccc3)nc2-c2ccccc2)cn1. The standard InChI is InChI=1S/C23H21N5O3/c29-21(30)11-12-27-15-19(14-25-27)23(31)24-13-18-16-28(20-9-5-2-6-10-20)26-22(18)17-7-3-1-4-8-17/h1-10,14-16H,11-13H2,(H,24,31)(H,29,30). The van der Waals surface area contributed by atoms with Gasteiger partial charge in [0.05, 0.1) is 36.1 Å². The minimum Gasteiger partial charge on any atom is -0.481 e. The van der Waals surface area contributed by atoms with E-state index in [9.17, 15) is 9.59 Å². The number of amides is 1. The van der Waals surface area contributed by atoms with Gasteiger partial charge in [0.25, 0.3) is 5.91 Å². The molecule has 8 nitrogen and oxygen atoms in total. The number of para-hydroxylation sites is 1. The minimum atomic E-state index is -0.912. The normalized spacial score (nSPS) is 10.7. The van der Waals surface area contributed by atoms with E-state index in [2.05, 4.69) is 10.4 Å². The Morgan fingerprint density at radius 3 is 2.39 bits per heavy atom. The number of rotatable bonds is 8. The van der Waals surface area contributed by atoms with Gasteiger partial charge in [-0.3, -0.25) is 14.3 Å². The van der Waals surface area contributed by atoms with E-state index in [1.54, 1.807) is 10.9 Å². The number of aryl methyl sites for hydroxylation is 1. The Hall–Kier alpha value is -4.20. The maximum Gasteiger partial charge on any atom is 0.305 e. The molecule has 2 heterocycles. The zero-order chi connectivity index (χ0) is 21.6. The minimum absolute atomic E-state index is 0.0537. The van der Waals surface area contributed by atoms with E-state index in [4.69, 9.17) is 10.2 Å². The fourth-order valence-corrected chi connectivity index (χ4v) is 3.18. The zero-order valence-electron chi connectivity index (χ0n) is 16.7. The molecule has 0 aliphatic rings. The number of hydrogen-bond acceptors (Lipinski definition) is 4. The third-order valence-corrected chi connectivity index (χ3v) is 4.75. The number of nitrogens with one attached hydrogen (secondary N) is 1. The number of carbonyl (C=O) groups excluding carboxylic acids is 1. The molecule has 0 aliphatic carbocycles. The molecular weight excluding hydrogens is 394 g/mol. The molecule has 0 unspecified atom stereocenters. The number of aliphatic carboxylic acids is 1. The maximum atomic E-state index is 12.6. The van der Waals surface area contributed by atoms with Gasteiger partial charge in [-0.2, -0.15) is 10.2 Å². The largest absolute Gasteiger partial charge is 0.481 e. The van der Waals surface area contributed by atoms with Crippen LogP contribution in [-0.4, -0.2) is 36.5 Å². The van der Waals surface area contributed by atoms with Crippen molar-refractivity contribution in [2.45, 2.75) is 19.5 Å². The Kier molecular flexibility index (Phi) is 5.89. The summed E-state index contributed by atoms with van der Waals surface area (Å²) in [6.45, 7) is 0.501. The molecule has 0 saturated heterocycles. The van der Waals surface area contributed by atoms with Crippen LogP contribution in [0.4, 0.5) is 0 Å². The van der Waals surface area contributed by atoms with Gasteiger partial charge in [-0.15, -0.1) is 0 Å². The van der Waals surface area contributed by atoms with Crippen LogP contribution < -0.4 is 5.32 Å². The van der Waals surface area contributed by atoms with Crippen LogP contribution in [0.3, 0.4) is 0 Å². The summed E-state index contributed by atoms with van der Waals surface area (Å²) in [5.74, 6) is -1.20.